The molecule has 4 nitrogen and oxygen atoms in total. The van der Waals surface area contributed by atoms with Gasteiger partial charge in [-0.05, 0) is 43.3 Å². The lowest BCUT2D eigenvalue weighted by atomic mass is 10.2. The van der Waals surface area contributed by atoms with Crippen molar-refractivity contribution in [1.29, 1.82) is 0 Å². The van der Waals surface area contributed by atoms with Gasteiger partial charge in [0.15, 0.2) is 0 Å². The molecule has 1 amide bonds. The van der Waals surface area contributed by atoms with E-state index in [4.69, 9.17) is 4.74 Å². The summed E-state index contributed by atoms with van der Waals surface area (Å²) in [6, 6.07) is 14.7. The molecule has 0 saturated heterocycles. The number of anilines is 2. The first-order valence-electron chi connectivity index (χ1n) is 6.55. The quantitative estimate of drug-likeness (QED) is 0.875. The second kappa shape index (κ2) is 6.61. The molecular weight excluding hydrogens is 252 g/mol. The molecule has 0 spiro atoms. The first kappa shape index (κ1) is 13.9. The molecule has 0 aliphatic rings. The fraction of sp³-hybridized carbons (Fsp3) is 0.188. The van der Waals surface area contributed by atoms with Crippen molar-refractivity contribution in [3.05, 3.63) is 54.1 Å². The van der Waals surface area contributed by atoms with Gasteiger partial charge in [-0.25, -0.2) is 0 Å². The lowest BCUT2D eigenvalue weighted by Crippen LogP contribution is -2.12. The van der Waals surface area contributed by atoms with Gasteiger partial charge in [0.05, 0.1) is 12.3 Å². The number of rotatable bonds is 5. The van der Waals surface area contributed by atoms with Gasteiger partial charge in [0, 0.05) is 18.3 Å². The first-order chi connectivity index (χ1) is 9.74. The zero-order valence-corrected chi connectivity index (χ0v) is 11.6. The Balaban J connectivity index is 2.14. The molecule has 0 fully saturated rings. The normalized spacial score (nSPS) is 9.90. The van der Waals surface area contributed by atoms with Crippen LogP contribution in [0.3, 0.4) is 0 Å². The fourth-order valence-electron chi connectivity index (χ4n) is 1.83. The largest absolute Gasteiger partial charge is 0.492 e. The summed E-state index contributed by atoms with van der Waals surface area (Å²) in [5, 5.41) is 5.88. The number of ether oxygens (including phenoxy) is 1. The Kier molecular flexibility index (Phi) is 4.60. The number of benzene rings is 2. The van der Waals surface area contributed by atoms with Crippen LogP contribution in [0.15, 0.2) is 48.5 Å². The first-order valence-corrected chi connectivity index (χ1v) is 6.55. The SMILES string of the molecule is CCOc1ccccc1NC(=O)c1ccc(NC)cc1. The maximum absolute atomic E-state index is 12.2. The molecule has 0 atom stereocenters. The highest BCUT2D eigenvalue weighted by atomic mass is 16.5. The van der Waals surface area contributed by atoms with Gasteiger partial charge in [0.25, 0.3) is 5.91 Å². The molecule has 2 N–H and O–H groups in total. The van der Waals surface area contributed by atoms with Crippen LogP contribution in [0, 0.1) is 0 Å². The van der Waals surface area contributed by atoms with Crippen LogP contribution in [-0.2, 0) is 0 Å². The van der Waals surface area contributed by atoms with Crippen LogP contribution in [-0.4, -0.2) is 19.6 Å². The summed E-state index contributed by atoms with van der Waals surface area (Å²) >= 11 is 0. The smallest absolute Gasteiger partial charge is 0.255 e. The standard InChI is InChI=1S/C16H18N2O2/c1-3-20-15-7-5-4-6-14(15)18-16(19)12-8-10-13(17-2)11-9-12/h4-11,17H,3H2,1-2H3,(H,18,19). The van der Waals surface area contributed by atoms with E-state index in [1.807, 2.05) is 50.4 Å². The van der Waals surface area contributed by atoms with Gasteiger partial charge in [-0.3, -0.25) is 4.79 Å². The van der Waals surface area contributed by atoms with Crippen LogP contribution in [0.4, 0.5) is 11.4 Å². The van der Waals surface area contributed by atoms with Gasteiger partial charge in [-0.2, -0.15) is 0 Å². The number of nitrogens with one attached hydrogen (secondary N) is 2. The van der Waals surface area contributed by atoms with E-state index in [-0.39, 0.29) is 5.91 Å². The molecule has 2 rings (SSSR count). The van der Waals surface area contributed by atoms with E-state index < -0.39 is 0 Å². The zero-order valence-electron chi connectivity index (χ0n) is 11.6. The minimum absolute atomic E-state index is 0.153. The lowest BCUT2D eigenvalue weighted by molar-refractivity contribution is 0.102. The van der Waals surface area contributed by atoms with Gasteiger partial charge < -0.3 is 15.4 Å². The zero-order chi connectivity index (χ0) is 14.4. The monoisotopic (exact) mass is 270 g/mol. The minimum Gasteiger partial charge on any atom is -0.492 e. The van der Waals surface area contributed by atoms with Crippen LogP contribution in [0.1, 0.15) is 17.3 Å². The molecule has 0 unspecified atom stereocenters. The summed E-state index contributed by atoms with van der Waals surface area (Å²) < 4.78 is 5.49. The molecule has 0 aliphatic heterocycles. The molecule has 0 heterocycles. The van der Waals surface area contributed by atoms with E-state index in [0.717, 1.165) is 5.69 Å². The number of carbonyl (C=O) groups is 1. The third-order valence-electron chi connectivity index (χ3n) is 2.87. The highest BCUT2D eigenvalue weighted by Gasteiger charge is 2.09. The second-order valence-electron chi connectivity index (χ2n) is 4.21. The number of para-hydroxylation sites is 2. The molecule has 0 aliphatic carbocycles. The third kappa shape index (κ3) is 3.29. The topological polar surface area (TPSA) is 50.4 Å². The van der Waals surface area contributed by atoms with E-state index in [9.17, 15) is 4.79 Å². The van der Waals surface area contributed by atoms with Gasteiger partial charge in [0.1, 0.15) is 5.75 Å². The molecule has 0 saturated carbocycles. The van der Waals surface area contributed by atoms with Crippen molar-refractivity contribution in [2.24, 2.45) is 0 Å². The van der Waals surface area contributed by atoms with Gasteiger partial charge in [-0.1, -0.05) is 12.1 Å². The van der Waals surface area contributed by atoms with Crippen molar-refractivity contribution < 1.29 is 9.53 Å². The highest BCUT2D eigenvalue weighted by Crippen LogP contribution is 2.24. The Morgan fingerprint density at radius 2 is 1.80 bits per heavy atom. The molecule has 2 aromatic rings. The Labute approximate surface area is 118 Å². The highest BCUT2D eigenvalue weighted by molar-refractivity contribution is 6.05. The van der Waals surface area contributed by atoms with Crippen molar-refractivity contribution in [1.82, 2.24) is 0 Å². The molecule has 2 aromatic carbocycles. The minimum atomic E-state index is -0.153. The summed E-state index contributed by atoms with van der Waals surface area (Å²) in [6.07, 6.45) is 0. The lowest BCUT2D eigenvalue weighted by Gasteiger charge is -2.11. The average Bonchev–Trinajstić information content (AvgIpc) is 2.49. The summed E-state index contributed by atoms with van der Waals surface area (Å²) in [4.78, 5) is 12.2. The molecule has 0 bridgehead atoms. The molecule has 20 heavy (non-hydrogen) atoms. The van der Waals surface area contributed by atoms with Crippen LogP contribution in [0.2, 0.25) is 0 Å². The van der Waals surface area contributed by atoms with E-state index in [2.05, 4.69) is 10.6 Å². The van der Waals surface area contributed by atoms with Crippen LogP contribution in [0.25, 0.3) is 0 Å². The number of amides is 1. The van der Waals surface area contributed by atoms with Crippen LogP contribution in [0.5, 0.6) is 5.75 Å². The molecule has 4 heteroatoms. The Morgan fingerprint density at radius 1 is 1.10 bits per heavy atom. The average molecular weight is 270 g/mol. The molecular formula is C16H18N2O2. The fourth-order valence-corrected chi connectivity index (χ4v) is 1.83. The van der Waals surface area contributed by atoms with Gasteiger partial charge in [0.2, 0.25) is 0 Å². The summed E-state index contributed by atoms with van der Waals surface area (Å²) in [5.41, 5.74) is 2.25. The predicted octanol–water partition coefficient (Wildman–Crippen LogP) is 3.38. The summed E-state index contributed by atoms with van der Waals surface area (Å²) in [5.74, 6) is 0.523. The van der Waals surface area contributed by atoms with E-state index in [0.29, 0.717) is 23.6 Å². The number of carbonyl (C=O) groups excluding carboxylic acids is 1. The second-order valence-corrected chi connectivity index (χ2v) is 4.21. The Hall–Kier alpha value is -2.49. The van der Waals surface area contributed by atoms with Gasteiger partial charge >= 0.3 is 0 Å². The van der Waals surface area contributed by atoms with Gasteiger partial charge in [-0.15, -0.1) is 0 Å². The molecule has 0 radical (unpaired) electrons. The van der Waals surface area contributed by atoms with Crippen molar-refractivity contribution >= 4 is 17.3 Å². The Bertz CT molecular complexity index is 579. The summed E-state index contributed by atoms with van der Waals surface area (Å²) in [6.45, 7) is 2.47. The van der Waals surface area contributed by atoms with Crippen LogP contribution < -0.4 is 15.4 Å². The van der Waals surface area contributed by atoms with E-state index in [1.165, 1.54) is 0 Å². The predicted molar refractivity (Wildman–Crippen MR) is 81.6 cm³/mol. The van der Waals surface area contributed by atoms with Crippen molar-refractivity contribution in [3.63, 3.8) is 0 Å². The van der Waals surface area contributed by atoms with E-state index >= 15 is 0 Å². The maximum atomic E-state index is 12.2. The number of hydrogen-bond acceptors (Lipinski definition) is 3. The number of hydrogen-bond donors (Lipinski definition) is 2. The van der Waals surface area contributed by atoms with Crippen molar-refractivity contribution in [2.45, 2.75) is 6.92 Å². The summed E-state index contributed by atoms with van der Waals surface area (Å²) in [7, 11) is 1.84. The van der Waals surface area contributed by atoms with Crippen LogP contribution >= 0.6 is 0 Å². The molecule has 104 valence electrons. The Morgan fingerprint density at radius 3 is 2.45 bits per heavy atom. The van der Waals surface area contributed by atoms with Crippen molar-refractivity contribution in [3.8, 4) is 5.75 Å². The van der Waals surface area contributed by atoms with E-state index in [1.54, 1.807) is 12.1 Å². The molecule has 0 aromatic heterocycles. The third-order valence-corrected chi connectivity index (χ3v) is 2.87. The van der Waals surface area contributed by atoms with Crippen molar-refractivity contribution in [2.75, 3.05) is 24.3 Å². The maximum Gasteiger partial charge on any atom is 0.255 e.